The molecular weight excluding hydrogens is 299 g/mol. The lowest BCUT2D eigenvalue weighted by Gasteiger charge is -2.05. The Balaban J connectivity index is 1.86. The molecule has 5 nitrogen and oxygen atoms in total. The average molecular weight is 314 g/mol. The van der Waals surface area contributed by atoms with Gasteiger partial charge in [-0.1, -0.05) is 24.3 Å². The predicted molar refractivity (Wildman–Crippen MR) is 85.4 cm³/mol. The third kappa shape index (κ3) is 5.62. The summed E-state index contributed by atoms with van der Waals surface area (Å²) in [5.74, 6) is -1.26. The van der Waals surface area contributed by atoms with Crippen LogP contribution >= 0.6 is 0 Å². The molecule has 0 bridgehead atoms. The first-order valence-electron chi connectivity index (χ1n) is 6.83. The summed E-state index contributed by atoms with van der Waals surface area (Å²) >= 11 is 0. The van der Waals surface area contributed by atoms with Crippen molar-refractivity contribution in [1.82, 2.24) is 5.32 Å². The van der Waals surface area contributed by atoms with Gasteiger partial charge in [0.05, 0.1) is 6.42 Å². The summed E-state index contributed by atoms with van der Waals surface area (Å²) in [6, 6.07) is 12.0. The van der Waals surface area contributed by atoms with Crippen molar-refractivity contribution in [2.45, 2.75) is 6.42 Å². The van der Waals surface area contributed by atoms with Crippen LogP contribution in [0.25, 0.3) is 6.08 Å². The van der Waals surface area contributed by atoms with E-state index in [1.54, 1.807) is 42.5 Å². The first kappa shape index (κ1) is 16.2. The number of urea groups is 1. The average Bonchev–Trinajstić information content (AvgIpc) is 2.49. The Morgan fingerprint density at radius 3 is 2.52 bits per heavy atom. The zero-order valence-electron chi connectivity index (χ0n) is 12.1. The molecule has 2 amide bonds. The van der Waals surface area contributed by atoms with Crippen molar-refractivity contribution in [1.29, 1.82) is 0 Å². The Morgan fingerprint density at radius 2 is 1.87 bits per heavy atom. The number of nitrogens with one attached hydrogen (secondary N) is 2. The molecule has 0 atom stereocenters. The van der Waals surface area contributed by atoms with Crippen molar-refractivity contribution >= 4 is 23.8 Å². The molecule has 0 saturated heterocycles. The molecule has 6 heteroatoms. The fourth-order valence-corrected chi connectivity index (χ4v) is 1.87. The number of halogens is 1. The second-order valence-corrected chi connectivity index (χ2v) is 4.75. The number of hydrogen-bond acceptors (Lipinski definition) is 2. The Labute approximate surface area is 132 Å². The molecule has 0 unspecified atom stereocenters. The number of hydrogen-bond donors (Lipinski definition) is 3. The van der Waals surface area contributed by atoms with Gasteiger partial charge in [-0.25, -0.2) is 9.18 Å². The molecule has 118 valence electrons. The maximum absolute atomic E-state index is 13.0. The minimum atomic E-state index is -0.911. The summed E-state index contributed by atoms with van der Waals surface area (Å²) in [5.41, 5.74) is 1.81. The largest absolute Gasteiger partial charge is 0.481 e. The van der Waals surface area contributed by atoms with Gasteiger partial charge in [-0.05, 0) is 41.5 Å². The van der Waals surface area contributed by atoms with Gasteiger partial charge in [0.2, 0.25) is 0 Å². The lowest BCUT2D eigenvalue weighted by Crippen LogP contribution is -2.23. The summed E-state index contributed by atoms with van der Waals surface area (Å²) in [4.78, 5) is 22.3. The van der Waals surface area contributed by atoms with Crippen LogP contribution < -0.4 is 10.6 Å². The second kappa shape index (κ2) is 7.74. The van der Waals surface area contributed by atoms with Gasteiger partial charge < -0.3 is 15.7 Å². The van der Waals surface area contributed by atoms with Crippen molar-refractivity contribution in [2.75, 3.05) is 5.32 Å². The fraction of sp³-hybridized carbons (Fsp3) is 0.0588. The van der Waals surface area contributed by atoms with Gasteiger partial charge in [0.1, 0.15) is 5.82 Å². The van der Waals surface area contributed by atoms with Crippen LogP contribution in [-0.2, 0) is 11.2 Å². The molecule has 0 aliphatic heterocycles. The Morgan fingerprint density at radius 1 is 1.13 bits per heavy atom. The van der Waals surface area contributed by atoms with Crippen LogP contribution in [-0.4, -0.2) is 17.1 Å². The summed E-state index contributed by atoms with van der Waals surface area (Å²) in [5, 5.41) is 13.8. The van der Waals surface area contributed by atoms with Crippen molar-refractivity contribution < 1.29 is 19.1 Å². The van der Waals surface area contributed by atoms with E-state index in [9.17, 15) is 14.0 Å². The van der Waals surface area contributed by atoms with Gasteiger partial charge >= 0.3 is 12.0 Å². The normalized spacial score (nSPS) is 10.5. The molecule has 2 aromatic rings. The molecule has 2 aromatic carbocycles. The minimum Gasteiger partial charge on any atom is -0.481 e. The van der Waals surface area contributed by atoms with Crippen molar-refractivity contribution in [3.63, 3.8) is 0 Å². The number of carboxylic acid groups (broad SMARTS) is 1. The van der Waals surface area contributed by atoms with E-state index in [1.807, 2.05) is 0 Å². The van der Waals surface area contributed by atoms with Crippen LogP contribution in [0.15, 0.2) is 54.7 Å². The molecule has 0 aromatic heterocycles. The Hall–Kier alpha value is -3.15. The summed E-state index contributed by atoms with van der Waals surface area (Å²) in [7, 11) is 0. The number of aliphatic carboxylic acids is 1. The maximum Gasteiger partial charge on any atom is 0.323 e. The topological polar surface area (TPSA) is 78.4 Å². The number of anilines is 1. The fourth-order valence-electron chi connectivity index (χ4n) is 1.87. The van der Waals surface area contributed by atoms with E-state index >= 15 is 0 Å². The summed E-state index contributed by atoms with van der Waals surface area (Å²) < 4.78 is 13.0. The standard InChI is InChI=1S/C17H15FN2O3/c18-14-3-1-2-12(10-14)8-9-19-17(23)20-15-6-4-13(5-7-15)11-16(21)22/h1-10H,11H2,(H,21,22)(H2,19,20,23)/b9-8+. The number of carbonyl (C=O) groups is 2. The van der Waals surface area contributed by atoms with Gasteiger partial charge in [-0.2, -0.15) is 0 Å². The van der Waals surface area contributed by atoms with Crippen LogP contribution in [0, 0.1) is 5.82 Å². The molecule has 23 heavy (non-hydrogen) atoms. The molecule has 0 saturated carbocycles. The van der Waals surface area contributed by atoms with Crippen LogP contribution in [0.3, 0.4) is 0 Å². The van der Waals surface area contributed by atoms with E-state index in [2.05, 4.69) is 10.6 Å². The number of rotatable bonds is 5. The molecular formula is C17H15FN2O3. The highest BCUT2D eigenvalue weighted by molar-refractivity contribution is 5.90. The van der Waals surface area contributed by atoms with Crippen LogP contribution in [0.1, 0.15) is 11.1 Å². The smallest absolute Gasteiger partial charge is 0.323 e. The number of carbonyl (C=O) groups excluding carboxylic acids is 1. The monoisotopic (exact) mass is 314 g/mol. The van der Waals surface area contributed by atoms with Gasteiger partial charge in [0.15, 0.2) is 0 Å². The van der Waals surface area contributed by atoms with Gasteiger partial charge in [-0.3, -0.25) is 4.79 Å². The van der Waals surface area contributed by atoms with Gasteiger partial charge in [0, 0.05) is 11.9 Å². The van der Waals surface area contributed by atoms with Crippen molar-refractivity contribution in [3.05, 3.63) is 71.7 Å². The van der Waals surface area contributed by atoms with Gasteiger partial charge in [0.25, 0.3) is 0 Å². The van der Waals surface area contributed by atoms with Crippen LogP contribution in [0.4, 0.5) is 14.9 Å². The van der Waals surface area contributed by atoms with Crippen LogP contribution in [0.5, 0.6) is 0 Å². The number of carboxylic acids is 1. The van der Waals surface area contributed by atoms with Crippen molar-refractivity contribution in [2.24, 2.45) is 0 Å². The van der Waals surface area contributed by atoms with E-state index in [0.29, 0.717) is 16.8 Å². The SMILES string of the molecule is O=C(O)Cc1ccc(NC(=O)N/C=C/c2cccc(F)c2)cc1. The predicted octanol–water partition coefficient (Wildman–Crippen LogP) is 3.25. The summed E-state index contributed by atoms with van der Waals surface area (Å²) in [6.07, 6.45) is 2.91. The van der Waals surface area contributed by atoms with E-state index in [0.717, 1.165) is 0 Å². The van der Waals surface area contributed by atoms with E-state index < -0.39 is 12.0 Å². The highest BCUT2D eigenvalue weighted by atomic mass is 19.1. The molecule has 0 spiro atoms. The quantitative estimate of drug-likeness (QED) is 0.792. The Kier molecular flexibility index (Phi) is 5.46. The molecule has 0 heterocycles. The van der Waals surface area contributed by atoms with E-state index in [1.165, 1.54) is 18.3 Å². The molecule has 2 rings (SSSR count). The second-order valence-electron chi connectivity index (χ2n) is 4.75. The zero-order valence-corrected chi connectivity index (χ0v) is 12.1. The molecule has 3 N–H and O–H groups in total. The Bertz CT molecular complexity index is 727. The highest BCUT2D eigenvalue weighted by Crippen LogP contribution is 2.10. The molecule has 0 radical (unpaired) electrons. The molecule has 0 aliphatic carbocycles. The highest BCUT2D eigenvalue weighted by Gasteiger charge is 2.02. The number of benzene rings is 2. The van der Waals surface area contributed by atoms with Crippen LogP contribution in [0.2, 0.25) is 0 Å². The first-order chi connectivity index (χ1) is 11.0. The lowest BCUT2D eigenvalue weighted by atomic mass is 10.1. The van der Waals surface area contributed by atoms with Gasteiger partial charge in [-0.15, -0.1) is 0 Å². The van der Waals surface area contributed by atoms with E-state index in [4.69, 9.17) is 5.11 Å². The van der Waals surface area contributed by atoms with E-state index in [-0.39, 0.29) is 12.2 Å². The summed E-state index contributed by atoms with van der Waals surface area (Å²) in [6.45, 7) is 0. The number of amides is 2. The molecule has 0 fully saturated rings. The zero-order chi connectivity index (χ0) is 16.7. The third-order valence-corrected chi connectivity index (χ3v) is 2.91. The first-order valence-corrected chi connectivity index (χ1v) is 6.83. The van der Waals surface area contributed by atoms with Crippen molar-refractivity contribution in [3.8, 4) is 0 Å². The molecule has 0 aliphatic rings. The third-order valence-electron chi connectivity index (χ3n) is 2.91. The maximum atomic E-state index is 13.0. The lowest BCUT2D eigenvalue weighted by molar-refractivity contribution is -0.136. The minimum absolute atomic E-state index is 0.0666.